The number of aromatic nitrogens is 1. The number of hydrogen-bond donors (Lipinski definition) is 0. The summed E-state index contributed by atoms with van der Waals surface area (Å²) in [4.78, 5) is 33.3. The molecule has 2 aromatic rings. The maximum absolute atomic E-state index is 13.5. The quantitative estimate of drug-likeness (QED) is 0.392. The summed E-state index contributed by atoms with van der Waals surface area (Å²) in [6.07, 6.45) is 2.57. The van der Waals surface area contributed by atoms with Gasteiger partial charge in [0.05, 0.1) is 18.6 Å². The number of amides is 1. The van der Waals surface area contributed by atoms with Crippen LogP contribution in [-0.4, -0.2) is 64.9 Å². The summed E-state index contributed by atoms with van der Waals surface area (Å²) in [6.45, 7) is 7.89. The molecule has 2 aliphatic heterocycles. The van der Waals surface area contributed by atoms with Crippen LogP contribution < -0.4 is 15.2 Å². The summed E-state index contributed by atoms with van der Waals surface area (Å²) < 4.78 is 7.41. The number of rotatable bonds is 7. The maximum atomic E-state index is 13.5. The van der Waals surface area contributed by atoms with E-state index in [4.69, 9.17) is 17.0 Å². The summed E-state index contributed by atoms with van der Waals surface area (Å²) in [7, 11) is 3.69. The molecule has 3 heterocycles. The topological polar surface area (TPSA) is 81.8 Å². The Labute approximate surface area is 227 Å². The predicted octanol–water partition coefficient (Wildman–Crippen LogP) is 3.60. The molecule has 0 N–H and O–H groups in total. The van der Waals surface area contributed by atoms with Crippen LogP contribution in [0.15, 0.2) is 34.0 Å². The highest BCUT2D eigenvalue weighted by Gasteiger charge is 2.33. The van der Waals surface area contributed by atoms with Crippen molar-refractivity contribution in [1.29, 1.82) is 5.26 Å². The van der Waals surface area contributed by atoms with Gasteiger partial charge in [0, 0.05) is 38.3 Å². The number of piperazine rings is 1. The third-order valence-electron chi connectivity index (χ3n) is 6.75. The van der Waals surface area contributed by atoms with Crippen molar-refractivity contribution < 1.29 is 9.53 Å². The summed E-state index contributed by atoms with van der Waals surface area (Å²) in [5.74, 6) is 1.34. The number of anilines is 1. The largest absolute Gasteiger partial charge is 0.497 e. The number of carbonyl (C=O) groups excluding carboxylic acids is 1. The van der Waals surface area contributed by atoms with Crippen molar-refractivity contribution in [2.24, 2.45) is 0 Å². The van der Waals surface area contributed by atoms with Crippen molar-refractivity contribution in [3.63, 3.8) is 0 Å². The van der Waals surface area contributed by atoms with Gasteiger partial charge >= 0.3 is 0 Å². The standard InChI is InChI=1S/C27H31N5O3S2/c1-5-10-31-24(30-13-11-29(3)12-14-30)21(18(2)22(16-28)25(31)33)15-23-26(34)32(27(36)37-23)17-19-6-8-20(35-4)9-7-19/h6-9,15H,5,10-14,17H2,1-4H3. The van der Waals surface area contributed by atoms with E-state index in [1.807, 2.05) is 37.3 Å². The molecule has 0 saturated carbocycles. The number of benzene rings is 1. The van der Waals surface area contributed by atoms with Crippen molar-refractivity contribution in [2.75, 3.05) is 45.2 Å². The van der Waals surface area contributed by atoms with Gasteiger partial charge < -0.3 is 14.5 Å². The van der Waals surface area contributed by atoms with Crippen LogP contribution in [0, 0.1) is 18.3 Å². The molecular weight excluding hydrogens is 506 g/mol. The Morgan fingerprint density at radius 3 is 2.43 bits per heavy atom. The first-order valence-electron chi connectivity index (χ1n) is 12.3. The molecule has 1 aromatic heterocycles. The van der Waals surface area contributed by atoms with Gasteiger partial charge in [0.25, 0.3) is 11.5 Å². The van der Waals surface area contributed by atoms with E-state index in [-0.39, 0.29) is 17.0 Å². The van der Waals surface area contributed by atoms with Gasteiger partial charge in [-0.05, 0) is 49.7 Å². The normalized spacial score (nSPS) is 17.5. The van der Waals surface area contributed by atoms with E-state index in [1.165, 1.54) is 11.8 Å². The first-order chi connectivity index (χ1) is 17.8. The zero-order chi connectivity index (χ0) is 26.7. The van der Waals surface area contributed by atoms with Crippen LogP contribution in [0.5, 0.6) is 5.75 Å². The monoisotopic (exact) mass is 537 g/mol. The van der Waals surface area contributed by atoms with Gasteiger partial charge in [-0.1, -0.05) is 43.0 Å². The number of ether oxygens (including phenoxy) is 1. The average molecular weight is 538 g/mol. The maximum Gasteiger partial charge on any atom is 0.270 e. The molecular formula is C27H31N5O3S2. The number of carbonyl (C=O) groups is 1. The SMILES string of the molecule is CCCn1c(N2CCN(C)CC2)c(C=C2SC(=S)N(Cc3ccc(OC)cc3)C2=O)c(C)c(C#N)c1=O. The molecule has 0 bridgehead atoms. The molecule has 4 rings (SSSR count). The van der Waals surface area contributed by atoms with E-state index in [9.17, 15) is 14.9 Å². The van der Waals surface area contributed by atoms with E-state index in [0.29, 0.717) is 27.9 Å². The van der Waals surface area contributed by atoms with Gasteiger partial charge in [-0.3, -0.25) is 19.1 Å². The number of methoxy groups -OCH3 is 1. The lowest BCUT2D eigenvalue weighted by Gasteiger charge is -2.36. The smallest absolute Gasteiger partial charge is 0.270 e. The fourth-order valence-corrected chi connectivity index (χ4v) is 5.85. The number of thioether (sulfide) groups is 1. The molecule has 8 nitrogen and oxygen atoms in total. The van der Waals surface area contributed by atoms with Crippen LogP contribution in [-0.2, 0) is 17.9 Å². The fourth-order valence-electron chi connectivity index (χ4n) is 4.62. The molecule has 10 heteroatoms. The highest BCUT2D eigenvalue weighted by atomic mass is 32.2. The summed E-state index contributed by atoms with van der Waals surface area (Å²) in [5.41, 5.74) is 2.11. The minimum atomic E-state index is -0.278. The summed E-state index contributed by atoms with van der Waals surface area (Å²) >= 11 is 6.83. The van der Waals surface area contributed by atoms with Crippen molar-refractivity contribution in [3.05, 3.63) is 61.8 Å². The Morgan fingerprint density at radius 2 is 1.84 bits per heavy atom. The number of thiocarbonyl (C=S) groups is 1. The first-order valence-corrected chi connectivity index (χ1v) is 13.5. The molecule has 2 saturated heterocycles. The van der Waals surface area contributed by atoms with Crippen LogP contribution in [0.3, 0.4) is 0 Å². The van der Waals surface area contributed by atoms with E-state index >= 15 is 0 Å². The summed E-state index contributed by atoms with van der Waals surface area (Å²) in [6, 6.07) is 9.65. The summed E-state index contributed by atoms with van der Waals surface area (Å²) in [5, 5.41) is 9.84. The van der Waals surface area contributed by atoms with E-state index in [1.54, 1.807) is 23.5 Å². The zero-order valence-corrected chi connectivity index (χ0v) is 23.2. The Bertz CT molecular complexity index is 1340. The van der Waals surface area contributed by atoms with Crippen molar-refractivity contribution in [2.45, 2.75) is 33.4 Å². The second-order valence-electron chi connectivity index (χ2n) is 9.21. The number of hydrogen-bond acceptors (Lipinski definition) is 8. The van der Waals surface area contributed by atoms with Crippen LogP contribution in [0.4, 0.5) is 5.82 Å². The molecule has 1 aromatic carbocycles. The van der Waals surface area contributed by atoms with Gasteiger partial charge in [-0.2, -0.15) is 5.26 Å². The van der Waals surface area contributed by atoms with Crippen LogP contribution in [0.1, 0.15) is 35.6 Å². The number of nitrogens with zero attached hydrogens (tertiary/aromatic N) is 5. The van der Waals surface area contributed by atoms with E-state index in [2.05, 4.69) is 22.9 Å². The van der Waals surface area contributed by atoms with Crippen molar-refractivity contribution >= 4 is 46.1 Å². The highest BCUT2D eigenvalue weighted by Crippen LogP contribution is 2.37. The molecule has 0 aliphatic carbocycles. The number of nitriles is 1. The number of pyridine rings is 1. The third kappa shape index (κ3) is 5.44. The minimum Gasteiger partial charge on any atom is -0.497 e. The zero-order valence-electron chi connectivity index (χ0n) is 21.6. The lowest BCUT2D eigenvalue weighted by Crippen LogP contribution is -2.47. The van der Waals surface area contributed by atoms with Crippen molar-refractivity contribution in [3.8, 4) is 11.8 Å². The van der Waals surface area contributed by atoms with Crippen molar-refractivity contribution in [1.82, 2.24) is 14.4 Å². The predicted molar refractivity (Wildman–Crippen MR) is 152 cm³/mol. The lowest BCUT2D eigenvalue weighted by atomic mass is 10.0. The van der Waals surface area contributed by atoms with Crippen LogP contribution in [0.2, 0.25) is 0 Å². The van der Waals surface area contributed by atoms with Crippen LogP contribution in [0.25, 0.3) is 6.08 Å². The van der Waals surface area contributed by atoms with E-state index in [0.717, 1.165) is 55.3 Å². The van der Waals surface area contributed by atoms with E-state index < -0.39 is 0 Å². The van der Waals surface area contributed by atoms with Gasteiger partial charge in [-0.25, -0.2) is 0 Å². The minimum absolute atomic E-state index is 0.117. The van der Waals surface area contributed by atoms with Gasteiger partial charge in [-0.15, -0.1) is 0 Å². The fraction of sp³-hybridized carbons (Fsp3) is 0.407. The van der Waals surface area contributed by atoms with Crippen LogP contribution >= 0.6 is 24.0 Å². The first kappa shape index (κ1) is 26.9. The van der Waals surface area contributed by atoms with Gasteiger partial charge in [0.15, 0.2) is 0 Å². The Morgan fingerprint density at radius 1 is 1.16 bits per heavy atom. The Hall–Kier alpha value is -3.13. The molecule has 1 amide bonds. The second kappa shape index (κ2) is 11.5. The molecule has 0 spiro atoms. The molecule has 0 atom stereocenters. The molecule has 2 aliphatic rings. The number of likely N-dealkylation sites (N-methyl/N-ethyl adjacent to an activating group) is 1. The molecule has 194 valence electrons. The molecule has 37 heavy (non-hydrogen) atoms. The van der Waals surface area contributed by atoms with Gasteiger partial charge in [0.2, 0.25) is 0 Å². The Kier molecular flexibility index (Phi) is 8.37. The molecule has 0 unspecified atom stereocenters. The molecule has 0 radical (unpaired) electrons. The average Bonchev–Trinajstić information content (AvgIpc) is 3.16. The highest BCUT2D eigenvalue weighted by molar-refractivity contribution is 8.26. The lowest BCUT2D eigenvalue weighted by molar-refractivity contribution is -0.122. The second-order valence-corrected chi connectivity index (χ2v) is 10.9. The van der Waals surface area contributed by atoms with Gasteiger partial charge in [0.1, 0.15) is 27.5 Å². The molecule has 2 fully saturated rings. The third-order valence-corrected chi connectivity index (χ3v) is 8.12. The Balaban J connectivity index is 1.77.